The van der Waals surface area contributed by atoms with Crippen LogP contribution in [-0.4, -0.2) is 121 Å². The second-order valence-electron chi connectivity index (χ2n) is 16.1. The maximum atomic E-state index is 13.9. The molecule has 0 aromatic heterocycles. The Morgan fingerprint density at radius 1 is 0.375 bits per heavy atom. The van der Waals surface area contributed by atoms with Crippen molar-refractivity contribution in [1.29, 1.82) is 0 Å². The van der Waals surface area contributed by atoms with E-state index in [0.717, 1.165) is 0 Å². The molecule has 2 aliphatic rings. The zero-order valence-corrected chi connectivity index (χ0v) is 41.2. The van der Waals surface area contributed by atoms with Gasteiger partial charge in [0.05, 0.1) is 0 Å². The van der Waals surface area contributed by atoms with Gasteiger partial charge in [-0.25, -0.2) is 9.59 Å². The molecule has 0 radical (unpaired) electrons. The molecule has 0 N–H and O–H groups in total. The maximum absolute atomic E-state index is 13.9. The Labute approximate surface area is 415 Å². The zero-order valence-electron chi connectivity index (χ0n) is 41.2. The third-order valence-electron chi connectivity index (χ3n) is 10.8. The van der Waals surface area contributed by atoms with Crippen LogP contribution < -0.4 is 0 Å². The predicted octanol–water partition coefficient (Wildman–Crippen LogP) is 4.28. The number of carbonyl (C=O) groups is 10. The topological polar surface area (TPSA) is 281 Å². The van der Waals surface area contributed by atoms with Crippen LogP contribution >= 0.6 is 0 Å². The Kier molecular flexibility index (Phi) is 23.0. The van der Waals surface area contributed by atoms with Crippen LogP contribution in [0.5, 0.6) is 0 Å². The molecule has 0 unspecified atom stereocenters. The summed E-state index contributed by atoms with van der Waals surface area (Å²) in [5.74, 6) is -8.96. The van der Waals surface area contributed by atoms with Gasteiger partial charge in [-0.15, -0.1) is 0 Å². The fourth-order valence-corrected chi connectivity index (χ4v) is 6.95. The van der Waals surface area contributed by atoms with Crippen molar-refractivity contribution in [2.24, 2.45) is 0 Å². The van der Waals surface area contributed by atoms with Crippen molar-refractivity contribution >= 4 is 59.7 Å². The average molecular weight is 1020 g/mol. The highest BCUT2D eigenvalue weighted by molar-refractivity contribution is 5.79. The molecule has 0 saturated carbocycles. The molecule has 2 aromatic carbocycles. The lowest BCUT2D eigenvalue weighted by atomic mass is 9.97. The van der Waals surface area contributed by atoms with E-state index in [-0.39, 0.29) is 64.4 Å². The van der Waals surface area contributed by atoms with Crippen molar-refractivity contribution in [3.8, 4) is 0 Å². The van der Waals surface area contributed by atoms with Crippen LogP contribution in [0.2, 0.25) is 0 Å². The van der Waals surface area contributed by atoms with Gasteiger partial charge < -0.3 is 56.8 Å². The minimum absolute atomic E-state index is 0.0106. The molecule has 4 rings (SSSR count). The summed E-state index contributed by atoms with van der Waals surface area (Å²) in [6, 6.07) is 15.0. The van der Waals surface area contributed by atoms with E-state index in [4.69, 9.17) is 56.8 Å². The summed E-state index contributed by atoms with van der Waals surface area (Å²) in [5.41, 5.74) is 1.50. The molecule has 0 amide bonds. The van der Waals surface area contributed by atoms with Gasteiger partial charge in [0.25, 0.3) is 0 Å². The summed E-state index contributed by atoms with van der Waals surface area (Å²) in [4.78, 5) is 130. The number of esters is 10. The molecule has 394 valence electrons. The molecule has 72 heavy (non-hydrogen) atoms. The highest BCUT2D eigenvalue weighted by Crippen LogP contribution is 2.33. The summed E-state index contributed by atoms with van der Waals surface area (Å²) in [7, 11) is 0. The zero-order chi connectivity index (χ0) is 52.9. The maximum Gasteiger partial charge on any atom is 0.339 e. The predicted molar refractivity (Wildman–Crippen MR) is 242 cm³/mol. The molecule has 2 fully saturated rings. The molecule has 10 atom stereocenters. The van der Waals surface area contributed by atoms with E-state index in [1.165, 1.54) is 48.5 Å². The van der Waals surface area contributed by atoms with E-state index in [2.05, 4.69) is 0 Å². The first kappa shape index (κ1) is 57.6. The summed E-state index contributed by atoms with van der Waals surface area (Å²) >= 11 is 0. The first-order valence-corrected chi connectivity index (χ1v) is 23.8. The molecule has 2 saturated heterocycles. The Morgan fingerprint density at radius 2 is 0.708 bits per heavy atom. The third-order valence-corrected chi connectivity index (χ3v) is 10.8. The first-order chi connectivity index (χ1) is 34.5. The Balaban J connectivity index is 1.56. The van der Waals surface area contributed by atoms with Gasteiger partial charge >= 0.3 is 59.7 Å². The van der Waals surface area contributed by atoms with Crippen molar-refractivity contribution < 1.29 is 105 Å². The number of benzene rings is 2. The second kappa shape index (κ2) is 28.8. The third kappa shape index (κ3) is 16.8. The second-order valence-corrected chi connectivity index (χ2v) is 16.1. The number of hydrogen-bond acceptors (Lipinski definition) is 22. The fraction of sp³-hybridized carbons (Fsp3) is 0.560. The number of aryl methyl sites for hydroxylation is 1. The lowest BCUT2D eigenvalue weighted by molar-refractivity contribution is -0.296. The van der Waals surface area contributed by atoms with Crippen LogP contribution in [-0.2, 0) is 124 Å². The van der Waals surface area contributed by atoms with E-state index in [0.29, 0.717) is 16.7 Å². The molecular formula is C50H62O22. The summed E-state index contributed by atoms with van der Waals surface area (Å²) < 4.78 is 67.4. The monoisotopic (exact) mass is 1010 g/mol. The quantitative estimate of drug-likeness (QED) is 0.105. The van der Waals surface area contributed by atoms with Crippen molar-refractivity contribution in [2.75, 3.05) is 0 Å². The number of carbonyl (C=O) groups excluding carboxylic acids is 10. The van der Waals surface area contributed by atoms with E-state index < -0.39 is 128 Å². The summed E-state index contributed by atoms with van der Waals surface area (Å²) in [5, 5.41) is 0. The highest BCUT2D eigenvalue weighted by Gasteiger charge is 2.58. The Morgan fingerprint density at radius 3 is 1.12 bits per heavy atom. The number of hydrogen-bond donors (Lipinski definition) is 0. The number of rotatable bonds is 24. The van der Waals surface area contributed by atoms with Crippen molar-refractivity contribution in [1.82, 2.24) is 0 Å². The van der Waals surface area contributed by atoms with E-state index in [1.54, 1.807) is 54.6 Å². The van der Waals surface area contributed by atoms with Crippen molar-refractivity contribution in [2.45, 2.75) is 181 Å². The van der Waals surface area contributed by atoms with Crippen molar-refractivity contribution in [3.63, 3.8) is 0 Å². The smallest absolute Gasteiger partial charge is 0.339 e. The molecule has 2 heterocycles. The fourth-order valence-electron chi connectivity index (χ4n) is 6.95. The van der Waals surface area contributed by atoms with Gasteiger partial charge in [-0.05, 0) is 23.1 Å². The molecule has 2 aliphatic heterocycles. The standard InChI is InChI=1S/C50H62O22/c1-8-31(51)63-39-41(65-33(53)10-3)45(67-35(55)12-5)49(69-36(56)13-6)71-44(39)48(60)62-27-30-22-18-21-28(25-30)23-24-38(58)68-46-42(66-34(54)11-4)40(64-32(52)9-2)43(72-50(46)70-37(57)14-7)47(59)61-26-29-19-16-15-17-20-29/h15-22,25,39-46,49-50H,8-14,23-24,26-27H2,1-7H3/t39-,40-,41-,42-,43-,44-,45+,46+,49+,50-/m0/s1. The lowest BCUT2D eigenvalue weighted by Gasteiger charge is -2.43. The summed E-state index contributed by atoms with van der Waals surface area (Å²) in [6.07, 6.45) is -19.2. The van der Waals surface area contributed by atoms with Crippen LogP contribution in [0.25, 0.3) is 0 Å². The average Bonchev–Trinajstić information content (AvgIpc) is 3.39. The SMILES string of the molecule is CCC(=O)O[C@@H]1O[C@H](C(=O)OCc2cccc(CCC(=O)O[C@H]3[C@@H](OC(=O)CC)O[C@H](C(=O)OCc4ccccc4)[C@@H](OC(=O)CC)[C@@H]3OC(=O)CC)c2)[C@@H](OC(=O)CC)[C@H](OC(=O)CC)[C@H]1OC(=O)CC. The molecule has 0 spiro atoms. The molecule has 22 heteroatoms. The van der Waals surface area contributed by atoms with Crippen LogP contribution in [0.15, 0.2) is 54.6 Å². The van der Waals surface area contributed by atoms with Gasteiger partial charge in [0, 0.05) is 51.4 Å². The van der Waals surface area contributed by atoms with E-state index in [9.17, 15) is 47.9 Å². The van der Waals surface area contributed by atoms with Crippen LogP contribution in [0.3, 0.4) is 0 Å². The minimum Gasteiger partial charge on any atom is -0.459 e. The van der Waals surface area contributed by atoms with Crippen LogP contribution in [0, 0.1) is 0 Å². The van der Waals surface area contributed by atoms with Gasteiger partial charge in [0.15, 0.2) is 36.6 Å². The van der Waals surface area contributed by atoms with Crippen LogP contribution in [0.1, 0.15) is 117 Å². The van der Waals surface area contributed by atoms with Gasteiger partial charge in [-0.3, -0.25) is 38.4 Å². The minimum atomic E-state index is -1.87. The van der Waals surface area contributed by atoms with Gasteiger partial charge in [-0.2, -0.15) is 0 Å². The van der Waals surface area contributed by atoms with E-state index >= 15 is 0 Å². The number of ether oxygens (including phenoxy) is 12. The van der Waals surface area contributed by atoms with Gasteiger partial charge in [0.1, 0.15) is 13.2 Å². The lowest BCUT2D eigenvalue weighted by Crippen LogP contribution is -2.64. The van der Waals surface area contributed by atoms with E-state index in [1.807, 2.05) is 0 Å². The first-order valence-electron chi connectivity index (χ1n) is 23.8. The molecule has 2 aromatic rings. The van der Waals surface area contributed by atoms with Gasteiger partial charge in [-0.1, -0.05) is 103 Å². The Bertz CT molecular complexity index is 2210. The van der Waals surface area contributed by atoms with Gasteiger partial charge in [0.2, 0.25) is 24.8 Å². The molecular weight excluding hydrogens is 953 g/mol. The molecule has 0 bridgehead atoms. The molecule has 0 aliphatic carbocycles. The Hall–Kier alpha value is -6.94. The largest absolute Gasteiger partial charge is 0.459 e. The normalized spacial score (nSPS) is 23.4. The summed E-state index contributed by atoms with van der Waals surface area (Å²) in [6.45, 7) is 9.68. The molecule has 22 nitrogen and oxygen atoms in total. The highest BCUT2D eigenvalue weighted by atomic mass is 16.8. The van der Waals surface area contributed by atoms with Crippen molar-refractivity contribution in [3.05, 3.63) is 71.3 Å². The van der Waals surface area contributed by atoms with Crippen LogP contribution in [0.4, 0.5) is 0 Å².